The first kappa shape index (κ1) is 20.2. The van der Waals surface area contributed by atoms with Crippen LogP contribution in [0.3, 0.4) is 0 Å². The summed E-state index contributed by atoms with van der Waals surface area (Å²) in [5.41, 5.74) is 0.612. The normalized spacial score (nSPS) is 17.1. The van der Waals surface area contributed by atoms with Crippen LogP contribution < -0.4 is 0 Å². The lowest BCUT2D eigenvalue weighted by Crippen LogP contribution is -2.37. The zero-order chi connectivity index (χ0) is 20.6. The molecule has 1 unspecified atom stereocenters. The Labute approximate surface area is 166 Å². The predicted octanol–water partition coefficient (Wildman–Crippen LogP) is 3.04. The Morgan fingerprint density at radius 3 is 2.57 bits per heavy atom. The van der Waals surface area contributed by atoms with Crippen LogP contribution in [0.4, 0.5) is 4.39 Å². The molecule has 3 rings (SSSR count). The molecule has 1 aromatic heterocycles. The van der Waals surface area contributed by atoms with Crippen molar-refractivity contribution in [3.8, 4) is 0 Å². The lowest BCUT2D eigenvalue weighted by molar-refractivity contribution is -0.129. The van der Waals surface area contributed by atoms with Gasteiger partial charge >= 0.3 is 0 Å². The maximum atomic E-state index is 14.6. The molecule has 1 atom stereocenters. The first-order valence-electron chi connectivity index (χ1n) is 8.84. The third-order valence-corrected chi connectivity index (χ3v) is 5.72. The first-order chi connectivity index (χ1) is 13.2. The number of aliphatic hydroxyl groups excluding tert-OH is 1. The molecule has 2 aromatic rings. The minimum Gasteiger partial charge on any atom is -0.503 e. The van der Waals surface area contributed by atoms with Crippen LogP contribution in [0.25, 0.3) is 0 Å². The Morgan fingerprint density at radius 2 is 2.00 bits per heavy atom. The van der Waals surface area contributed by atoms with Gasteiger partial charge in [-0.05, 0) is 34.0 Å². The molecule has 0 saturated carbocycles. The van der Waals surface area contributed by atoms with Gasteiger partial charge in [0.1, 0.15) is 5.82 Å². The molecule has 0 bridgehead atoms. The van der Waals surface area contributed by atoms with Crippen LogP contribution in [0.2, 0.25) is 0 Å². The molecular formula is C20H22FN3O3S. The number of nitrogens with zero attached hydrogens (tertiary/aromatic N) is 3. The third kappa shape index (κ3) is 3.57. The van der Waals surface area contributed by atoms with E-state index in [4.69, 9.17) is 0 Å². The van der Waals surface area contributed by atoms with Gasteiger partial charge in [0.15, 0.2) is 5.76 Å². The van der Waals surface area contributed by atoms with Gasteiger partial charge in [0.2, 0.25) is 5.78 Å². The van der Waals surface area contributed by atoms with Crippen molar-refractivity contribution in [3.05, 3.63) is 62.6 Å². The average molecular weight is 403 g/mol. The summed E-state index contributed by atoms with van der Waals surface area (Å²) >= 11 is 1.20. The van der Waals surface area contributed by atoms with E-state index in [1.165, 1.54) is 28.4 Å². The van der Waals surface area contributed by atoms with Crippen molar-refractivity contribution in [1.29, 1.82) is 0 Å². The Morgan fingerprint density at radius 1 is 1.32 bits per heavy atom. The van der Waals surface area contributed by atoms with E-state index >= 15 is 0 Å². The summed E-state index contributed by atoms with van der Waals surface area (Å²) in [5.74, 6) is -2.32. The Balaban J connectivity index is 2.12. The number of benzene rings is 1. The van der Waals surface area contributed by atoms with Crippen LogP contribution in [0.15, 0.2) is 35.6 Å². The number of ketones is 1. The molecule has 1 amide bonds. The topological polar surface area (TPSA) is 73.7 Å². The second-order valence-electron chi connectivity index (χ2n) is 6.96. The van der Waals surface area contributed by atoms with Crippen molar-refractivity contribution in [2.45, 2.75) is 19.9 Å². The molecule has 1 aromatic carbocycles. The molecule has 0 spiro atoms. The minimum atomic E-state index is -0.983. The van der Waals surface area contributed by atoms with Crippen molar-refractivity contribution in [1.82, 2.24) is 14.8 Å². The minimum absolute atomic E-state index is 0.0967. The number of aliphatic hydroxyl groups is 1. The number of Topliss-reactive ketones (excluding diaryl/α,β-unsaturated/α-hetero) is 1. The van der Waals surface area contributed by atoms with Gasteiger partial charge in [-0.15, -0.1) is 11.3 Å². The number of hydrogen-bond acceptors (Lipinski definition) is 6. The quantitative estimate of drug-likeness (QED) is 0.751. The Bertz CT molecular complexity index is 967. The zero-order valence-corrected chi connectivity index (χ0v) is 17.0. The largest absolute Gasteiger partial charge is 0.503 e. The molecule has 6 nitrogen and oxygen atoms in total. The van der Waals surface area contributed by atoms with Crippen LogP contribution in [-0.4, -0.2) is 58.8 Å². The fraction of sp³-hybridized carbons (Fsp3) is 0.350. The van der Waals surface area contributed by atoms with E-state index in [9.17, 15) is 19.1 Å². The van der Waals surface area contributed by atoms with Gasteiger partial charge in [-0.2, -0.15) is 0 Å². The smallest absolute Gasteiger partial charge is 0.290 e. The fourth-order valence-electron chi connectivity index (χ4n) is 3.31. The maximum Gasteiger partial charge on any atom is 0.290 e. The number of likely N-dealkylation sites (N-methyl/N-ethyl adjacent to an activating group) is 1. The molecule has 0 fully saturated rings. The molecule has 8 heteroatoms. The van der Waals surface area contributed by atoms with Crippen LogP contribution in [0.5, 0.6) is 0 Å². The van der Waals surface area contributed by atoms with E-state index in [2.05, 4.69) is 4.98 Å². The Kier molecular flexibility index (Phi) is 5.62. The van der Waals surface area contributed by atoms with E-state index in [1.807, 2.05) is 19.0 Å². The molecule has 0 radical (unpaired) electrons. The summed E-state index contributed by atoms with van der Waals surface area (Å²) in [6.45, 7) is 4.23. The van der Waals surface area contributed by atoms with Gasteiger partial charge in [-0.1, -0.05) is 18.2 Å². The van der Waals surface area contributed by atoms with Gasteiger partial charge in [-0.25, -0.2) is 9.37 Å². The van der Waals surface area contributed by atoms with E-state index in [0.29, 0.717) is 22.1 Å². The van der Waals surface area contributed by atoms with E-state index in [-0.39, 0.29) is 17.7 Å². The molecule has 1 aliphatic rings. The highest BCUT2D eigenvalue weighted by Gasteiger charge is 2.45. The predicted molar refractivity (Wildman–Crippen MR) is 105 cm³/mol. The number of carbonyl (C=O) groups excluding carboxylic acids is 2. The molecule has 1 N–H and O–H groups in total. The fourth-order valence-corrected chi connectivity index (χ4v) is 4.18. The van der Waals surface area contributed by atoms with Crippen LogP contribution in [-0.2, 0) is 4.79 Å². The lowest BCUT2D eigenvalue weighted by atomic mass is 9.94. The second kappa shape index (κ2) is 7.81. The van der Waals surface area contributed by atoms with Crippen LogP contribution >= 0.6 is 11.3 Å². The maximum absolute atomic E-state index is 14.6. The number of aromatic nitrogens is 1. The molecule has 2 heterocycles. The zero-order valence-electron chi connectivity index (χ0n) is 16.2. The number of rotatable bonds is 6. The summed E-state index contributed by atoms with van der Waals surface area (Å²) in [6, 6.07) is 5.02. The summed E-state index contributed by atoms with van der Waals surface area (Å²) in [6.07, 6.45) is 0. The van der Waals surface area contributed by atoms with Crippen molar-refractivity contribution < 1.29 is 19.1 Å². The number of thiazole rings is 1. The Hall–Kier alpha value is -2.58. The van der Waals surface area contributed by atoms with E-state index in [0.717, 1.165) is 0 Å². The van der Waals surface area contributed by atoms with Crippen molar-refractivity contribution in [2.24, 2.45) is 0 Å². The SMILES string of the molecule is Cc1nc(C)c(C(=O)C2=C(O)C(=O)N(CCN(C)C)C2c2ccccc2F)s1. The molecule has 0 aliphatic carbocycles. The molecule has 148 valence electrons. The van der Waals surface area contributed by atoms with Gasteiger partial charge < -0.3 is 14.9 Å². The molecule has 28 heavy (non-hydrogen) atoms. The highest BCUT2D eigenvalue weighted by atomic mass is 32.1. The number of aryl methyl sites for hydroxylation is 2. The number of amides is 1. The van der Waals surface area contributed by atoms with E-state index < -0.39 is 29.3 Å². The van der Waals surface area contributed by atoms with Gasteiger partial charge in [0.05, 0.1) is 27.2 Å². The van der Waals surface area contributed by atoms with Crippen LogP contribution in [0, 0.1) is 19.7 Å². The second-order valence-corrected chi connectivity index (χ2v) is 8.17. The lowest BCUT2D eigenvalue weighted by Gasteiger charge is -2.28. The highest BCUT2D eigenvalue weighted by molar-refractivity contribution is 7.14. The van der Waals surface area contributed by atoms with Crippen LogP contribution in [0.1, 0.15) is 32.0 Å². The monoisotopic (exact) mass is 403 g/mol. The average Bonchev–Trinajstić information content (AvgIpc) is 3.10. The first-order valence-corrected chi connectivity index (χ1v) is 9.66. The van der Waals surface area contributed by atoms with Crippen molar-refractivity contribution in [2.75, 3.05) is 27.2 Å². The molecule has 0 saturated heterocycles. The van der Waals surface area contributed by atoms with Crippen molar-refractivity contribution in [3.63, 3.8) is 0 Å². The van der Waals surface area contributed by atoms with E-state index in [1.54, 1.807) is 26.0 Å². The number of hydrogen-bond donors (Lipinski definition) is 1. The summed E-state index contributed by atoms with van der Waals surface area (Å²) < 4.78 is 14.6. The number of halogens is 1. The summed E-state index contributed by atoms with van der Waals surface area (Å²) in [4.78, 5) is 33.8. The molecule has 1 aliphatic heterocycles. The standard InChI is InChI=1S/C20H22FN3O3S/c1-11-19(28-12(2)22-11)17(25)15-16(13-7-5-6-8-14(13)21)24(10-9-23(3)4)20(27)18(15)26/h5-8,16,26H,9-10H2,1-4H3. The van der Waals surface area contributed by atoms with Crippen molar-refractivity contribution >= 4 is 23.0 Å². The summed E-state index contributed by atoms with van der Waals surface area (Å²) in [7, 11) is 3.70. The third-order valence-electron chi connectivity index (χ3n) is 4.65. The van der Waals surface area contributed by atoms with Gasteiger partial charge in [0, 0.05) is 18.7 Å². The highest BCUT2D eigenvalue weighted by Crippen LogP contribution is 2.40. The van der Waals surface area contributed by atoms with Gasteiger partial charge in [0.25, 0.3) is 5.91 Å². The molecular weight excluding hydrogens is 381 g/mol. The van der Waals surface area contributed by atoms with Gasteiger partial charge in [-0.3, -0.25) is 9.59 Å². The number of carbonyl (C=O) groups is 2. The summed E-state index contributed by atoms with van der Waals surface area (Å²) in [5, 5.41) is 11.3.